The average molecular weight is 522 g/mol. The summed E-state index contributed by atoms with van der Waals surface area (Å²) in [6.07, 6.45) is 3.95. The molecule has 180 valence electrons. The van der Waals surface area contributed by atoms with Crippen molar-refractivity contribution < 1.29 is 27.5 Å². The number of anilines is 1. The Morgan fingerprint density at radius 3 is 2.59 bits per heavy atom. The molecule has 1 aromatic carbocycles. The number of unbranched alkanes of at least 4 members (excludes halogenated alkanes) is 1. The molecule has 1 unspecified atom stereocenters. The lowest BCUT2D eigenvalue weighted by Crippen LogP contribution is -2.34. The van der Waals surface area contributed by atoms with Gasteiger partial charge in [0.2, 0.25) is 5.91 Å². The first-order valence-electron chi connectivity index (χ1n) is 10.3. The number of hydrogen-bond acceptors (Lipinski definition) is 9. The predicted octanol–water partition coefficient (Wildman–Crippen LogP) is 3.36. The number of amidine groups is 1. The number of rotatable bonds is 9. The molecule has 0 spiro atoms. The summed E-state index contributed by atoms with van der Waals surface area (Å²) in [4.78, 5) is 44.4. The molecule has 2 heterocycles. The number of carbonyl (C=O) groups excluding carboxylic acids is 3. The van der Waals surface area contributed by atoms with Gasteiger partial charge in [0, 0.05) is 6.21 Å². The van der Waals surface area contributed by atoms with Crippen LogP contribution in [0.3, 0.4) is 0 Å². The number of aryl methyl sites for hydroxylation is 1. The van der Waals surface area contributed by atoms with E-state index in [0.717, 1.165) is 54.1 Å². The van der Waals surface area contributed by atoms with Crippen molar-refractivity contribution in [2.45, 2.75) is 36.3 Å². The van der Waals surface area contributed by atoms with E-state index in [1.807, 2.05) is 0 Å². The molecule has 1 aliphatic heterocycles. The highest BCUT2D eigenvalue weighted by Gasteiger charge is 2.35. The number of hydrogen-bond donors (Lipinski definition) is 1. The number of esters is 1. The van der Waals surface area contributed by atoms with Crippen molar-refractivity contribution in [1.82, 2.24) is 0 Å². The lowest BCUT2D eigenvalue weighted by atomic mass is 10.1. The van der Waals surface area contributed by atoms with Gasteiger partial charge in [0.05, 0.1) is 23.4 Å². The molecule has 0 saturated carbocycles. The Hall–Kier alpha value is -2.83. The number of aliphatic imine (C=N–C) groups is 2. The van der Waals surface area contributed by atoms with Crippen LogP contribution < -0.4 is 5.32 Å². The van der Waals surface area contributed by atoms with E-state index in [2.05, 4.69) is 27.0 Å². The van der Waals surface area contributed by atoms with Crippen molar-refractivity contribution in [2.24, 2.45) is 9.98 Å². The monoisotopic (exact) mass is 521 g/mol. The maximum atomic E-state index is 12.9. The molecule has 34 heavy (non-hydrogen) atoms. The highest BCUT2D eigenvalue weighted by Crippen LogP contribution is 2.24. The number of sulfone groups is 1. The molecule has 0 bridgehead atoms. The minimum Gasteiger partial charge on any atom is -0.465 e. The maximum Gasteiger partial charge on any atom is 0.350 e. The number of amides is 2. The molecule has 1 aliphatic rings. The van der Waals surface area contributed by atoms with Gasteiger partial charge in [-0.1, -0.05) is 37.2 Å². The maximum absolute atomic E-state index is 12.9. The van der Waals surface area contributed by atoms with E-state index in [1.54, 1.807) is 23.6 Å². The van der Waals surface area contributed by atoms with Gasteiger partial charge in [-0.3, -0.25) is 9.59 Å². The van der Waals surface area contributed by atoms with Crippen LogP contribution in [0.2, 0.25) is 0 Å². The largest absolute Gasteiger partial charge is 0.465 e. The Bertz CT molecular complexity index is 1230. The number of thiophene rings is 1. The lowest BCUT2D eigenvalue weighted by molar-refractivity contribution is -0.116. The number of nitrogens with one attached hydrogen (secondary N) is 1. The number of ether oxygens (including phenoxy) is 1. The van der Waals surface area contributed by atoms with Gasteiger partial charge in [-0.15, -0.1) is 11.3 Å². The summed E-state index contributed by atoms with van der Waals surface area (Å²) in [6.45, 7) is 2.08. The lowest BCUT2D eigenvalue weighted by Gasteiger charge is -2.14. The third-order valence-corrected chi connectivity index (χ3v) is 8.49. The van der Waals surface area contributed by atoms with Crippen LogP contribution in [0.15, 0.2) is 50.6 Å². The Balaban J connectivity index is 1.59. The van der Waals surface area contributed by atoms with E-state index in [1.165, 1.54) is 19.2 Å². The number of thioether (sulfide) groups is 1. The van der Waals surface area contributed by atoms with Gasteiger partial charge in [-0.25, -0.2) is 18.2 Å². The van der Waals surface area contributed by atoms with E-state index < -0.39 is 32.9 Å². The van der Waals surface area contributed by atoms with Crippen LogP contribution in [0.5, 0.6) is 0 Å². The van der Waals surface area contributed by atoms with Crippen LogP contribution in [0.4, 0.5) is 5.69 Å². The summed E-state index contributed by atoms with van der Waals surface area (Å²) >= 11 is 2.01. The Kier molecular flexibility index (Phi) is 8.75. The summed E-state index contributed by atoms with van der Waals surface area (Å²) in [6, 6.07) is 8.05. The fraction of sp³-hybridized carbons (Fsp3) is 0.318. The molecular weight excluding hydrogens is 498 g/mol. The highest BCUT2D eigenvalue weighted by molar-refractivity contribution is 8.14. The molecule has 1 atom stereocenters. The zero-order valence-corrected chi connectivity index (χ0v) is 21.0. The van der Waals surface area contributed by atoms with Gasteiger partial charge in [0.1, 0.15) is 4.88 Å². The van der Waals surface area contributed by atoms with Crippen LogP contribution in [-0.2, 0) is 30.6 Å². The molecule has 9 nitrogen and oxygen atoms in total. The zero-order chi connectivity index (χ0) is 24.7. The number of nitrogens with zero attached hydrogens (tertiary/aromatic N) is 2. The Labute approximate surface area is 205 Å². The van der Waals surface area contributed by atoms with Crippen molar-refractivity contribution in [3.8, 4) is 0 Å². The second-order valence-corrected chi connectivity index (χ2v) is 11.1. The number of benzene rings is 1. The van der Waals surface area contributed by atoms with Gasteiger partial charge >= 0.3 is 5.97 Å². The first-order chi connectivity index (χ1) is 16.3. The topological polar surface area (TPSA) is 131 Å². The van der Waals surface area contributed by atoms with E-state index in [4.69, 9.17) is 0 Å². The van der Waals surface area contributed by atoms with Crippen molar-refractivity contribution >= 4 is 67.8 Å². The molecule has 2 amide bonds. The fourth-order valence-electron chi connectivity index (χ4n) is 3.01. The van der Waals surface area contributed by atoms with E-state index in [9.17, 15) is 22.8 Å². The molecule has 12 heteroatoms. The molecule has 0 radical (unpaired) electrons. The molecule has 2 aromatic rings. The van der Waals surface area contributed by atoms with Crippen LogP contribution >= 0.6 is 23.1 Å². The second-order valence-electron chi connectivity index (χ2n) is 7.22. The summed E-state index contributed by atoms with van der Waals surface area (Å²) in [5, 5.41) is 2.70. The molecule has 3 rings (SSSR count). The summed E-state index contributed by atoms with van der Waals surface area (Å²) in [7, 11) is -2.74. The molecule has 1 N–H and O–H groups in total. The van der Waals surface area contributed by atoms with Crippen LogP contribution in [0, 0.1) is 0 Å². The van der Waals surface area contributed by atoms with Gasteiger partial charge in [0.15, 0.2) is 20.3 Å². The predicted molar refractivity (Wildman–Crippen MR) is 134 cm³/mol. The van der Waals surface area contributed by atoms with Crippen LogP contribution in [-0.4, -0.2) is 55.7 Å². The molecule has 0 aliphatic carbocycles. The summed E-state index contributed by atoms with van der Waals surface area (Å²) in [5.74, 6) is -2.01. The summed E-state index contributed by atoms with van der Waals surface area (Å²) < 4.78 is 30.5. The fourth-order valence-corrected chi connectivity index (χ4v) is 5.75. The molecular formula is C22H23N3O6S3. The van der Waals surface area contributed by atoms with Crippen molar-refractivity contribution in [2.75, 3.05) is 18.2 Å². The normalized spacial score (nSPS) is 15.6. The van der Waals surface area contributed by atoms with E-state index in [0.29, 0.717) is 5.69 Å². The first-order valence-corrected chi connectivity index (χ1v) is 13.8. The van der Waals surface area contributed by atoms with E-state index in [-0.39, 0.29) is 20.7 Å². The van der Waals surface area contributed by atoms with Crippen molar-refractivity contribution in [3.05, 3.63) is 46.2 Å². The standard InChI is InChI=1S/C22H23N3O6S3/c1-3-4-5-14-6-8-15(9-7-14)34(29,30)17-12-23-22(25-20(17)27)33-13-18(26)24-16-10-11-32-19(16)21(28)31-2/h6-12,17H,3-5,13H2,1-2H3,(H,24,26). The number of carbonyl (C=O) groups is 3. The third kappa shape index (κ3) is 6.19. The minimum absolute atomic E-state index is 0.0139. The Morgan fingerprint density at radius 1 is 1.21 bits per heavy atom. The highest BCUT2D eigenvalue weighted by atomic mass is 32.2. The molecule has 0 fully saturated rings. The first kappa shape index (κ1) is 25.8. The van der Waals surface area contributed by atoms with Crippen molar-refractivity contribution in [3.63, 3.8) is 0 Å². The molecule has 1 aromatic heterocycles. The SMILES string of the molecule is CCCCc1ccc(S(=O)(=O)C2C=NC(SCC(=O)Nc3ccsc3C(=O)OC)=NC2=O)cc1. The minimum atomic E-state index is -3.99. The Morgan fingerprint density at radius 2 is 1.94 bits per heavy atom. The van der Waals surface area contributed by atoms with Gasteiger partial charge < -0.3 is 10.1 Å². The van der Waals surface area contributed by atoms with Crippen LogP contribution in [0.25, 0.3) is 0 Å². The zero-order valence-electron chi connectivity index (χ0n) is 18.5. The third-order valence-electron chi connectivity index (χ3n) is 4.82. The summed E-state index contributed by atoms with van der Waals surface area (Å²) in [5.41, 5.74) is 1.35. The molecule has 0 saturated heterocycles. The van der Waals surface area contributed by atoms with Crippen molar-refractivity contribution in [1.29, 1.82) is 0 Å². The van der Waals surface area contributed by atoms with Gasteiger partial charge in [-0.05, 0) is 42.0 Å². The van der Waals surface area contributed by atoms with Gasteiger partial charge in [0.25, 0.3) is 5.91 Å². The number of methoxy groups -OCH3 is 1. The average Bonchev–Trinajstić information content (AvgIpc) is 3.29. The second kappa shape index (κ2) is 11.5. The van der Waals surface area contributed by atoms with Crippen LogP contribution in [0.1, 0.15) is 35.0 Å². The van der Waals surface area contributed by atoms with Gasteiger partial charge in [-0.2, -0.15) is 4.99 Å². The quantitative estimate of drug-likeness (QED) is 0.501. The smallest absolute Gasteiger partial charge is 0.350 e. The van der Waals surface area contributed by atoms with E-state index >= 15 is 0 Å².